The number of benzene rings is 1. The van der Waals surface area contributed by atoms with E-state index < -0.39 is 0 Å². The van der Waals surface area contributed by atoms with Crippen LogP contribution in [0.25, 0.3) is 11.3 Å². The molecule has 0 radical (unpaired) electrons. The van der Waals surface area contributed by atoms with E-state index in [2.05, 4.69) is 98.0 Å². The lowest BCUT2D eigenvalue weighted by Crippen LogP contribution is -2.46. The number of rotatable bonds is 2. The smallest absolute Gasteiger partial charge is 0.107 e. The predicted molar refractivity (Wildman–Crippen MR) is 113 cm³/mol. The lowest BCUT2D eigenvalue weighted by Gasteiger charge is -2.49. The highest BCUT2D eigenvalue weighted by Crippen LogP contribution is 2.52. The Morgan fingerprint density at radius 2 is 1.92 bits per heavy atom. The molecule has 0 bridgehead atoms. The van der Waals surface area contributed by atoms with E-state index in [0.717, 1.165) is 12.1 Å². The third-order valence-corrected chi connectivity index (χ3v) is 8.15. The largest absolute Gasteiger partial charge is 0.361 e. The maximum atomic E-state index is 4.53. The van der Waals surface area contributed by atoms with E-state index in [1.165, 1.54) is 22.5 Å². The highest BCUT2D eigenvalue weighted by molar-refractivity contribution is 14.1. The average molecular weight is 453 g/mol. The van der Waals surface area contributed by atoms with Gasteiger partial charge in [0.2, 0.25) is 0 Å². The van der Waals surface area contributed by atoms with Crippen molar-refractivity contribution in [3.63, 3.8) is 0 Å². The SMILES string of the molecule is C=C1C[C@H](c2ccc(-c3ncn(C)c3C)cc2)C(C)C(P)(I)N1C. The quantitative estimate of drug-likeness (QED) is 0.278. The monoisotopic (exact) mass is 453 g/mol. The zero-order valence-corrected chi connectivity index (χ0v) is 18.1. The van der Waals surface area contributed by atoms with Crippen molar-refractivity contribution in [2.24, 2.45) is 13.0 Å². The van der Waals surface area contributed by atoms with Crippen LogP contribution < -0.4 is 0 Å². The van der Waals surface area contributed by atoms with Crippen molar-refractivity contribution in [1.29, 1.82) is 0 Å². The molecule has 2 heterocycles. The van der Waals surface area contributed by atoms with Crippen molar-refractivity contribution in [1.82, 2.24) is 14.5 Å². The van der Waals surface area contributed by atoms with Crippen LogP contribution >= 0.6 is 31.8 Å². The number of piperidine rings is 1. The molecule has 24 heavy (non-hydrogen) atoms. The first-order chi connectivity index (χ1) is 11.2. The summed E-state index contributed by atoms with van der Waals surface area (Å²) in [5, 5.41) is 0. The van der Waals surface area contributed by atoms with Crippen molar-refractivity contribution in [2.75, 3.05) is 7.05 Å². The summed E-state index contributed by atoms with van der Waals surface area (Å²) in [5.74, 6) is 1.00. The Morgan fingerprint density at radius 3 is 2.46 bits per heavy atom. The summed E-state index contributed by atoms with van der Waals surface area (Å²) >= 11 is 2.54. The van der Waals surface area contributed by atoms with E-state index in [0.29, 0.717) is 11.8 Å². The minimum Gasteiger partial charge on any atom is -0.361 e. The molecule has 0 N–H and O–H groups in total. The first-order valence-corrected chi connectivity index (χ1v) is 9.86. The van der Waals surface area contributed by atoms with Gasteiger partial charge in [0.15, 0.2) is 0 Å². The molecule has 0 aliphatic carbocycles. The zero-order chi connectivity index (χ0) is 17.6. The van der Waals surface area contributed by atoms with Crippen LogP contribution in [0, 0.1) is 12.8 Å². The van der Waals surface area contributed by atoms with E-state index in [1.54, 1.807) is 0 Å². The molecular weight excluding hydrogens is 428 g/mol. The van der Waals surface area contributed by atoms with Crippen molar-refractivity contribution >= 4 is 31.8 Å². The molecule has 3 nitrogen and oxygen atoms in total. The number of likely N-dealkylation sites (tertiary alicyclic amines) is 1. The number of hydrogen-bond acceptors (Lipinski definition) is 2. The van der Waals surface area contributed by atoms with E-state index in [9.17, 15) is 0 Å². The topological polar surface area (TPSA) is 21.1 Å². The molecule has 3 rings (SSSR count). The maximum absolute atomic E-state index is 4.53. The fourth-order valence-corrected chi connectivity index (χ4v) is 4.66. The van der Waals surface area contributed by atoms with Gasteiger partial charge >= 0.3 is 0 Å². The van der Waals surface area contributed by atoms with Crippen LogP contribution in [0.4, 0.5) is 0 Å². The summed E-state index contributed by atoms with van der Waals surface area (Å²) in [7, 11) is 7.19. The minimum absolute atomic E-state index is 0.00794. The molecule has 0 spiro atoms. The number of halogens is 1. The van der Waals surface area contributed by atoms with Crippen molar-refractivity contribution in [3.8, 4) is 11.3 Å². The molecule has 1 aromatic heterocycles. The summed E-state index contributed by atoms with van der Waals surface area (Å²) in [6.45, 7) is 8.72. The number of nitrogens with zero attached hydrogens (tertiary/aromatic N) is 3. The fraction of sp³-hybridized carbons (Fsp3) is 0.421. The van der Waals surface area contributed by atoms with Gasteiger partial charge in [-0.2, -0.15) is 0 Å². The first kappa shape index (κ1) is 17.9. The third-order valence-electron chi connectivity index (χ3n) is 5.53. The van der Waals surface area contributed by atoms with Crippen molar-refractivity contribution in [2.45, 2.75) is 29.5 Å². The van der Waals surface area contributed by atoms with Gasteiger partial charge in [0.25, 0.3) is 0 Å². The van der Waals surface area contributed by atoms with E-state index in [1.807, 2.05) is 13.4 Å². The van der Waals surface area contributed by atoms with Gasteiger partial charge in [-0.25, -0.2) is 4.98 Å². The molecule has 0 saturated carbocycles. The van der Waals surface area contributed by atoms with Crippen LogP contribution in [0.2, 0.25) is 0 Å². The van der Waals surface area contributed by atoms with E-state index in [-0.39, 0.29) is 3.29 Å². The summed E-state index contributed by atoms with van der Waals surface area (Å²) in [5.41, 5.74) is 6.03. The van der Waals surface area contributed by atoms with Crippen LogP contribution in [0.3, 0.4) is 0 Å². The molecule has 128 valence electrons. The number of allylic oxidation sites excluding steroid dienone is 1. The Hall–Kier alpha value is -0.870. The summed E-state index contributed by atoms with van der Waals surface area (Å²) < 4.78 is 2.07. The third kappa shape index (κ3) is 2.92. The van der Waals surface area contributed by atoms with Crippen LogP contribution in [0.5, 0.6) is 0 Å². The normalized spacial score (nSPS) is 27.6. The Morgan fingerprint density at radius 1 is 1.29 bits per heavy atom. The number of alkyl halides is 1. The van der Waals surface area contributed by atoms with Crippen molar-refractivity contribution < 1.29 is 0 Å². The highest BCUT2D eigenvalue weighted by Gasteiger charge is 2.43. The molecule has 4 atom stereocenters. The number of hydrogen-bond donors (Lipinski definition) is 0. The Balaban J connectivity index is 1.91. The fourth-order valence-electron chi connectivity index (χ4n) is 3.47. The number of aromatic nitrogens is 2. The molecule has 5 heteroatoms. The van der Waals surface area contributed by atoms with Crippen LogP contribution in [-0.4, -0.2) is 24.8 Å². The lowest BCUT2D eigenvalue weighted by atomic mass is 9.80. The summed E-state index contributed by atoms with van der Waals surface area (Å²) in [4.78, 5) is 6.82. The Kier molecular flexibility index (Phi) is 4.82. The second-order valence-corrected chi connectivity index (χ2v) is 10.6. The van der Waals surface area contributed by atoms with Gasteiger partial charge in [-0.3, -0.25) is 0 Å². The predicted octanol–water partition coefficient (Wildman–Crippen LogP) is 4.93. The highest BCUT2D eigenvalue weighted by atomic mass is 127. The van der Waals surface area contributed by atoms with Gasteiger partial charge in [-0.1, -0.05) is 47.0 Å². The van der Waals surface area contributed by atoms with Gasteiger partial charge in [0, 0.05) is 31.0 Å². The van der Waals surface area contributed by atoms with E-state index in [4.69, 9.17) is 0 Å². The van der Waals surface area contributed by atoms with Gasteiger partial charge in [-0.05, 0) is 53.3 Å². The molecular formula is C19H25IN3P. The molecule has 1 aliphatic rings. The molecule has 1 aliphatic heterocycles. The minimum atomic E-state index is 0.00794. The van der Waals surface area contributed by atoms with Gasteiger partial charge in [-0.15, -0.1) is 0 Å². The van der Waals surface area contributed by atoms with E-state index >= 15 is 0 Å². The average Bonchev–Trinajstić information content (AvgIpc) is 2.89. The standard InChI is InChI=1S/C19H25IN3P/c1-12-10-17(13(2)19(20,24)23(12)5)15-6-8-16(9-7-15)18-14(3)22(4)11-21-18/h6-9,11,13,17H,1,10,24H2,2-5H3/t13?,17-,19?/m0/s1. The Labute approximate surface area is 160 Å². The lowest BCUT2D eigenvalue weighted by molar-refractivity contribution is 0.209. The van der Waals surface area contributed by atoms with Crippen molar-refractivity contribution in [3.05, 3.63) is 54.1 Å². The second kappa shape index (κ2) is 6.45. The molecule has 2 aromatic rings. The van der Waals surface area contributed by atoms with Gasteiger partial charge in [0.05, 0.1) is 12.0 Å². The van der Waals surface area contributed by atoms with Gasteiger partial charge in [0.1, 0.15) is 3.29 Å². The van der Waals surface area contributed by atoms with Crippen LogP contribution in [0.1, 0.15) is 30.5 Å². The first-order valence-electron chi connectivity index (χ1n) is 8.21. The number of aryl methyl sites for hydroxylation is 1. The molecule has 1 fully saturated rings. The summed E-state index contributed by atoms with van der Waals surface area (Å²) in [6.07, 6.45) is 2.89. The van der Waals surface area contributed by atoms with Crippen LogP contribution in [0.15, 0.2) is 42.9 Å². The van der Waals surface area contributed by atoms with Crippen LogP contribution in [-0.2, 0) is 7.05 Å². The molecule has 1 aromatic carbocycles. The maximum Gasteiger partial charge on any atom is 0.107 e. The Bertz CT molecular complexity index is 763. The second-order valence-electron chi connectivity index (χ2n) is 6.86. The number of imidazole rings is 1. The molecule has 3 unspecified atom stereocenters. The molecule has 1 saturated heterocycles. The zero-order valence-electron chi connectivity index (χ0n) is 14.8. The summed E-state index contributed by atoms with van der Waals surface area (Å²) in [6, 6.07) is 8.94. The molecule has 0 amide bonds. The van der Waals surface area contributed by atoms with Gasteiger partial charge < -0.3 is 9.47 Å².